The lowest BCUT2D eigenvalue weighted by molar-refractivity contribution is -0.127. The summed E-state index contributed by atoms with van der Waals surface area (Å²) >= 11 is 0. The van der Waals surface area contributed by atoms with Crippen molar-refractivity contribution >= 4 is 11.9 Å². The molecule has 176 valence electrons. The molecule has 6 nitrogen and oxygen atoms in total. The van der Waals surface area contributed by atoms with E-state index in [1.54, 1.807) is 0 Å². The first kappa shape index (κ1) is 23.3. The van der Waals surface area contributed by atoms with Crippen LogP contribution in [0.5, 0.6) is 0 Å². The van der Waals surface area contributed by atoms with Gasteiger partial charge in [0, 0.05) is 58.2 Å². The quantitative estimate of drug-likeness (QED) is 0.458. The maximum atomic E-state index is 12.5. The Hall–Kier alpha value is -2.86. The molecule has 2 aliphatic heterocycles. The molecule has 6 heteroatoms. The van der Waals surface area contributed by atoms with Crippen LogP contribution >= 0.6 is 0 Å². The van der Waals surface area contributed by atoms with Gasteiger partial charge in [-0.05, 0) is 36.9 Å². The molecule has 1 amide bonds. The molecule has 0 radical (unpaired) electrons. The van der Waals surface area contributed by atoms with Crippen LogP contribution in [0.25, 0.3) is 0 Å². The fraction of sp³-hybridized carbons (Fsp3) is 0.481. The highest BCUT2D eigenvalue weighted by atomic mass is 16.2. The molecule has 2 atom stereocenters. The Morgan fingerprint density at radius 3 is 2.42 bits per heavy atom. The van der Waals surface area contributed by atoms with Crippen molar-refractivity contribution in [2.75, 3.05) is 39.8 Å². The van der Waals surface area contributed by atoms with Gasteiger partial charge in [0.2, 0.25) is 5.91 Å². The van der Waals surface area contributed by atoms with Gasteiger partial charge in [-0.15, -0.1) is 0 Å². The predicted molar refractivity (Wildman–Crippen MR) is 134 cm³/mol. The van der Waals surface area contributed by atoms with Crippen LogP contribution in [0, 0.1) is 5.92 Å². The summed E-state index contributed by atoms with van der Waals surface area (Å²) in [4.78, 5) is 21.4. The molecule has 2 aromatic rings. The van der Waals surface area contributed by atoms with Crippen molar-refractivity contribution in [2.45, 2.75) is 38.3 Å². The smallest absolute Gasteiger partial charge is 0.223 e. The number of nitrogens with zero attached hydrogens (tertiary/aromatic N) is 3. The minimum atomic E-state index is 0.267. The molecular weight excluding hydrogens is 410 g/mol. The number of rotatable bonds is 9. The lowest BCUT2D eigenvalue weighted by Crippen LogP contribution is -2.46. The van der Waals surface area contributed by atoms with Crippen molar-refractivity contribution in [3.63, 3.8) is 0 Å². The third-order valence-corrected chi connectivity index (χ3v) is 6.82. The molecular formula is C27H37N5O. The van der Waals surface area contributed by atoms with Crippen LogP contribution in [0.15, 0.2) is 65.7 Å². The van der Waals surface area contributed by atoms with E-state index in [-0.39, 0.29) is 5.91 Å². The Balaban J connectivity index is 1.18. The largest absolute Gasteiger partial charge is 0.356 e. The molecule has 0 aromatic heterocycles. The number of benzene rings is 2. The molecule has 2 saturated heterocycles. The molecule has 0 bridgehead atoms. The number of carbonyl (C=O) groups excluding carboxylic acids is 1. The van der Waals surface area contributed by atoms with Gasteiger partial charge >= 0.3 is 0 Å². The Kier molecular flexibility index (Phi) is 8.36. The van der Waals surface area contributed by atoms with Gasteiger partial charge in [-0.1, -0.05) is 60.7 Å². The van der Waals surface area contributed by atoms with Crippen LogP contribution in [0.3, 0.4) is 0 Å². The van der Waals surface area contributed by atoms with E-state index in [2.05, 4.69) is 75.1 Å². The number of amides is 1. The summed E-state index contributed by atoms with van der Waals surface area (Å²) in [7, 11) is 1.82. The fourth-order valence-corrected chi connectivity index (χ4v) is 4.94. The normalized spacial score (nSPS) is 21.5. The average molecular weight is 448 g/mol. The van der Waals surface area contributed by atoms with Crippen molar-refractivity contribution in [3.05, 3.63) is 71.8 Å². The van der Waals surface area contributed by atoms with E-state index >= 15 is 0 Å². The zero-order valence-corrected chi connectivity index (χ0v) is 19.7. The molecule has 0 saturated carbocycles. The second kappa shape index (κ2) is 11.8. The average Bonchev–Trinajstić information content (AvgIpc) is 3.44. The molecule has 2 fully saturated rings. The maximum Gasteiger partial charge on any atom is 0.223 e. The van der Waals surface area contributed by atoms with Gasteiger partial charge in [0.05, 0.1) is 0 Å². The van der Waals surface area contributed by atoms with Gasteiger partial charge in [-0.3, -0.25) is 14.7 Å². The monoisotopic (exact) mass is 447 g/mol. The molecule has 4 rings (SSSR count). The van der Waals surface area contributed by atoms with Crippen molar-refractivity contribution < 1.29 is 4.79 Å². The maximum absolute atomic E-state index is 12.5. The first-order valence-electron chi connectivity index (χ1n) is 12.3. The molecule has 33 heavy (non-hydrogen) atoms. The fourth-order valence-electron chi connectivity index (χ4n) is 4.94. The SMILES string of the molecule is CN=C(NCC1CC(=O)N(CCc2ccccc2)C1)NCC1CCCN1Cc1ccccc1. The molecule has 2 aromatic carbocycles. The number of carbonyl (C=O) groups is 1. The molecule has 2 unspecified atom stereocenters. The Morgan fingerprint density at radius 2 is 1.70 bits per heavy atom. The molecule has 2 N–H and O–H groups in total. The van der Waals surface area contributed by atoms with Crippen LogP contribution in [-0.4, -0.2) is 67.5 Å². The first-order valence-corrected chi connectivity index (χ1v) is 12.3. The zero-order valence-electron chi connectivity index (χ0n) is 19.7. The van der Waals surface area contributed by atoms with Crippen molar-refractivity contribution in [2.24, 2.45) is 10.9 Å². The lowest BCUT2D eigenvalue weighted by atomic mass is 10.1. The molecule has 2 aliphatic rings. The summed E-state index contributed by atoms with van der Waals surface area (Å²) < 4.78 is 0. The zero-order chi connectivity index (χ0) is 22.9. The van der Waals surface area contributed by atoms with Crippen molar-refractivity contribution in [1.82, 2.24) is 20.4 Å². The second-order valence-corrected chi connectivity index (χ2v) is 9.23. The number of guanidine groups is 1. The van der Waals surface area contributed by atoms with Gasteiger partial charge in [0.25, 0.3) is 0 Å². The van der Waals surface area contributed by atoms with Gasteiger partial charge in [0.15, 0.2) is 5.96 Å². The number of likely N-dealkylation sites (tertiary alicyclic amines) is 2. The van der Waals surface area contributed by atoms with Crippen molar-refractivity contribution in [1.29, 1.82) is 0 Å². The van der Waals surface area contributed by atoms with Gasteiger partial charge < -0.3 is 15.5 Å². The minimum absolute atomic E-state index is 0.267. The van der Waals surface area contributed by atoms with E-state index in [4.69, 9.17) is 0 Å². The van der Waals surface area contributed by atoms with Crippen molar-refractivity contribution in [3.8, 4) is 0 Å². The second-order valence-electron chi connectivity index (χ2n) is 9.23. The summed E-state index contributed by atoms with van der Waals surface area (Å²) in [5, 5.41) is 6.98. The highest BCUT2D eigenvalue weighted by Gasteiger charge is 2.29. The summed E-state index contributed by atoms with van der Waals surface area (Å²) in [6, 6.07) is 21.6. The number of hydrogen-bond acceptors (Lipinski definition) is 3. The first-order chi connectivity index (χ1) is 16.2. The summed E-state index contributed by atoms with van der Waals surface area (Å²) in [6.07, 6.45) is 3.99. The minimum Gasteiger partial charge on any atom is -0.356 e. The van der Waals surface area contributed by atoms with Crippen LogP contribution in [0.4, 0.5) is 0 Å². The van der Waals surface area contributed by atoms with Crippen LogP contribution in [0.1, 0.15) is 30.4 Å². The van der Waals surface area contributed by atoms with Crippen LogP contribution in [-0.2, 0) is 17.8 Å². The molecule has 0 spiro atoms. The van der Waals surface area contributed by atoms with Gasteiger partial charge in [-0.2, -0.15) is 0 Å². The summed E-state index contributed by atoms with van der Waals surface area (Å²) in [5.74, 6) is 1.42. The van der Waals surface area contributed by atoms with E-state index in [1.807, 2.05) is 18.0 Å². The standard InChI is InChI=1S/C27H37N5O/c1-28-27(30-19-25-13-8-15-31(25)20-23-11-6-3-7-12-23)29-18-24-17-26(33)32(21-24)16-14-22-9-4-2-5-10-22/h2-7,9-12,24-25H,8,13-21H2,1H3,(H2,28,29,30). The number of hydrogen-bond donors (Lipinski definition) is 2. The molecule has 2 heterocycles. The Labute approximate surface area is 198 Å². The third-order valence-electron chi connectivity index (χ3n) is 6.82. The Bertz CT molecular complexity index is 901. The van der Waals surface area contributed by atoms with E-state index in [0.717, 1.165) is 51.6 Å². The molecule has 0 aliphatic carbocycles. The van der Waals surface area contributed by atoms with Gasteiger partial charge in [-0.25, -0.2) is 0 Å². The lowest BCUT2D eigenvalue weighted by Gasteiger charge is -2.26. The van der Waals surface area contributed by atoms with E-state index in [0.29, 0.717) is 18.4 Å². The van der Waals surface area contributed by atoms with Gasteiger partial charge in [0.1, 0.15) is 0 Å². The number of aliphatic imine (C=N–C) groups is 1. The topological polar surface area (TPSA) is 60.0 Å². The third kappa shape index (κ3) is 6.81. The van der Waals surface area contributed by atoms with Crippen LogP contribution in [0.2, 0.25) is 0 Å². The highest BCUT2D eigenvalue weighted by Crippen LogP contribution is 2.20. The van der Waals surface area contributed by atoms with E-state index < -0.39 is 0 Å². The highest BCUT2D eigenvalue weighted by molar-refractivity contribution is 5.80. The van der Waals surface area contributed by atoms with E-state index in [9.17, 15) is 4.79 Å². The summed E-state index contributed by atoms with van der Waals surface area (Å²) in [5.41, 5.74) is 2.65. The Morgan fingerprint density at radius 1 is 1.00 bits per heavy atom. The predicted octanol–water partition coefficient (Wildman–Crippen LogP) is 2.91. The number of nitrogens with one attached hydrogen (secondary N) is 2. The van der Waals surface area contributed by atoms with Crippen LogP contribution < -0.4 is 10.6 Å². The van der Waals surface area contributed by atoms with E-state index in [1.165, 1.54) is 24.0 Å². The summed E-state index contributed by atoms with van der Waals surface area (Å²) in [6.45, 7) is 5.43.